The summed E-state index contributed by atoms with van der Waals surface area (Å²) >= 11 is 0. The number of aromatic nitrogens is 3. The van der Waals surface area contributed by atoms with Gasteiger partial charge >= 0.3 is 12.2 Å². The summed E-state index contributed by atoms with van der Waals surface area (Å²) in [4.78, 5) is 42.9. The molecule has 4 rings (SSSR count). The number of nitrogens with zero attached hydrogens (tertiary/aromatic N) is 4. The largest absolute Gasteiger partial charge is 0.449 e. The number of hydrogen-bond acceptors (Lipinski definition) is 8. The molecule has 40 heavy (non-hydrogen) atoms. The van der Waals surface area contributed by atoms with Crippen molar-refractivity contribution >= 4 is 18.1 Å². The molecule has 12 nitrogen and oxygen atoms in total. The molecule has 2 aromatic carbocycles. The first-order chi connectivity index (χ1) is 19.1. The standard InChI is InChI=1S/C28H34N6O6/c1-28(2,3)40-27(37)31-24(25(35)33(4)38-5)16-34-18(15-30-32-34)14-29-26(36)39-17-23-21-12-8-6-10-19(21)20-11-7-9-13-22(20)23/h6-13,15,23-24H,14,16-17H2,1-5H3,(H,29,36)(H,31,37)/t24-/m0/s1. The Morgan fingerprint density at radius 2 is 1.65 bits per heavy atom. The number of fused-ring (bicyclic) bond motifs is 3. The number of nitrogens with one attached hydrogen (secondary N) is 2. The predicted octanol–water partition coefficient (Wildman–Crippen LogP) is 3.23. The molecule has 1 atom stereocenters. The Morgan fingerprint density at radius 1 is 1.02 bits per heavy atom. The lowest BCUT2D eigenvalue weighted by molar-refractivity contribution is -0.171. The molecule has 1 aromatic heterocycles. The molecule has 3 aromatic rings. The van der Waals surface area contributed by atoms with E-state index in [9.17, 15) is 14.4 Å². The maximum atomic E-state index is 12.8. The highest BCUT2D eigenvalue weighted by molar-refractivity contribution is 5.85. The van der Waals surface area contributed by atoms with E-state index in [-0.39, 0.29) is 25.6 Å². The molecule has 0 spiro atoms. The molecule has 0 unspecified atom stereocenters. The molecule has 12 heteroatoms. The summed E-state index contributed by atoms with van der Waals surface area (Å²) in [6, 6.07) is 15.1. The van der Waals surface area contributed by atoms with Crippen LogP contribution in [0.4, 0.5) is 9.59 Å². The quantitative estimate of drug-likeness (QED) is 0.388. The number of hydrogen-bond donors (Lipinski definition) is 2. The second kappa shape index (κ2) is 12.2. The minimum absolute atomic E-state index is 0.0388. The minimum atomic E-state index is -1.07. The second-order valence-corrected chi connectivity index (χ2v) is 10.3. The van der Waals surface area contributed by atoms with E-state index in [1.54, 1.807) is 20.8 Å². The Labute approximate surface area is 232 Å². The summed E-state index contributed by atoms with van der Waals surface area (Å²) in [6.07, 6.45) is 0.0840. The van der Waals surface area contributed by atoms with Crippen molar-refractivity contribution in [3.63, 3.8) is 0 Å². The van der Waals surface area contributed by atoms with Gasteiger partial charge in [-0.2, -0.15) is 0 Å². The highest BCUT2D eigenvalue weighted by Gasteiger charge is 2.30. The number of alkyl carbamates (subject to hydrolysis) is 2. The molecule has 0 saturated heterocycles. The fourth-order valence-corrected chi connectivity index (χ4v) is 4.50. The van der Waals surface area contributed by atoms with Gasteiger partial charge in [0.2, 0.25) is 0 Å². The average molecular weight is 551 g/mol. The van der Waals surface area contributed by atoms with Crippen LogP contribution < -0.4 is 10.6 Å². The van der Waals surface area contributed by atoms with Gasteiger partial charge in [-0.15, -0.1) is 5.10 Å². The first-order valence-corrected chi connectivity index (χ1v) is 12.8. The zero-order chi connectivity index (χ0) is 28.9. The zero-order valence-electron chi connectivity index (χ0n) is 23.2. The Hall–Kier alpha value is -4.45. The van der Waals surface area contributed by atoms with Crippen LogP contribution >= 0.6 is 0 Å². The molecule has 1 heterocycles. The van der Waals surface area contributed by atoms with Gasteiger partial charge < -0.3 is 20.1 Å². The van der Waals surface area contributed by atoms with Crippen LogP contribution in [0.15, 0.2) is 54.7 Å². The third-order valence-corrected chi connectivity index (χ3v) is 6.38. The molecular formula is C28H34N6O6. The number of benzene rings is 2. The summed E-state index contributed by atoms with van der Waals surface area (Å²) in [7, 11) is 2.76. The van der Waals surface area contributed by atoms with E-state index in [4.69, 9.17) is 14.3 Å². The number of ether oxygens (including phenoxy) is 2. The van der Waals surface area contributed by atoms with E-state index in [0.717, 1.165) is 27.3 Å². The van der Waals surface area contributed by atoms with E-state index in [2.05, 4.69) is 45.2 Å². The summed E-state index contributed by atoms with van der Waals surface area (Å²) in [5.41, 5.74) is 4.27. The van der Waals surface area contributed by atoms with Crippen LogP contribution in [0.1, 0.15) is 43.5 Å². The van der Waals surface area contributed by atoms with Gasteiger partial charge in [-0.3, -0.25) is 9.63 Å². The van der Waals surface area contributed by atoms with Gasteiger partial charge in [-0.1, -0.05) is 53.7 Å². The molecule has 0 radical (unpaired) electrons. The first-order valence-electron chi connectivity index (χ1n) is 12.8. The maximum Gasteiger partial charge on any atom is 0.408 e. The van der Waals surface area contributed by atoms with Crippen LogP contribution in [-0.2, 0) is 32.2 Å². The molecule has 212 valence electrons. The van der Waals surface area contributed by atoms with Gasteiger partial charge in [0.1, 0.15) is 18.2 Å². The van der Waals surface area contributed by atoms with E-state index in [1.165, 1.54) is 25.0 Å². The Bertz CT molecular complexity index is 1320. The molecule has 0 aliphatic heterocycles. The summed E-state index contributed by atoms with van der Waals surface area (Å²) in [6.45, 7) is 5.29. The third-order valence-electron chi connectivity index (χ3n) is 6.38. The topological polar surface area (TPSA) is 137 Å². The van der Waals surface area contributed by atoms with Crippen molar-refractivity contribution in [2.24, 2.45) is 0 Å². The number of rotatable bonds is 9. The fourth-order valence-electron chi connectivity index (χ4n) is 4.50. The molecular weight excluding hydrogens is 516 g/mol. The normalized spacial score (nSPS) is 13.1. The van der Waals surface area contributed by atoms with Gasteiger partial charge in [0.15, 0.2) is 0 Å². The Balaban J connectivity index is 1.37. The number of likely N-dealkylation sites (N-methyl/N-ethyl adjacent to an activating group) is 1. The monoisotopic (exact) mass is 550 g/mol. The molecule has 2 N–H and O–H groups in total. The fraction of sp³-hybridized carbons (Fsp3) is 0.393. The smallest absolute Gasteiger partial charge is 0.408 e. The van der Waals surface area contributed by atoms with Crippen molar-refractivity contribution in [3.8, 4) is 11.1 Å². The van der Waals surface area contributed by atoms with Crippen LogP contribution in [0.25, 0.3) is 11.1 Å². The minimum Gasteiger partial charge on any atom is -0.449 e. The number of amides is 3. The van der Waals surface area contributed by atoms with Gasteiger partial charge in [0.25, 0.3) is 5.91 Å². The molecule has 3 amide bonds. The van der Waals surface area contributed by atoms with Crippen LogP contribution in [-0.4, -0.2) is 70.6 Å². The van der Waals surface area contributed by atoms with E-state index >= 15 is 0 Å². The van der Waals surface area contributed by atoms with Crippen LogP contribution in [0.2, 0.25) is 0 Å². The van der Waals surface area contributed by atoms with Gasteiger partial charge in [0, 0.05) is 13.0 Å². The second-order valence-electron chi connectivity index (χ2n) is 10.3. The van der Waals surface area contributed by atoms with Crippen LogP contribution in [0.3, 0.4) is 0 Å². The summed E-state index contributed by atoms with van der Waals surface area (Å²) in [5.74, 6) is -0.590. The van der Waals surface area contributed by atoms with Crippen LogP contribution in [0, 0.1) is 0 Å². The third kappa shape index (κ3) is 6.75. The van der Waals surface area contributed by atoms with Crippen molar-refractivity contribution in [3.05, 3.63) is 71.5 Å². The summed E-state index contributed by atoms with van der Waals surface area (Å²) in [5, 5.41) is 14.2. The first kappa shape index (κ1) is 28.6. The predicted molar refractivity (Wildman–Crippen MR) is 145 cm³/mol. The SMILES string of the molecule is CON(C)C(=O)[C@H](Cn1nncc1CNC(=O)OCC1c2ccccc2-c2ccccc21)NC(=O)OC(C)(C)C. The highest BCUT2D eigenvalue weighted by Crippen LogP contribution is 2.44. The lowest BCUT2D eigenvalue weighted by Gasteiger charge is -2.25. The van der Waals surface area contributed by atoms with Crippen molar-refractivity contribution in [1.29, 1.82) is 0 Å². The van der Waals surface area contributed by atoms with Crippen molar-refractivity contribution in [2.45, 2.75) is 51.4 Å². The zero-order valence-corrected chi connectivity index (χ0v) is 23.2. The Kier molecular flexibility index (Phi) is 8.68. The maximum absolute atomic E-state index is 12.8. The number of carbonyl (C=O) groups excluding carboxylic acids is 3. The van der Waals surface area contributed by atoms with Crippen molar-refractivity contribution < 1.29 is 28.7 Å². The molecule has 0 fully saturated rings. The molecule has 0 saturated carbocycles. The lowest BCUT2D eigenvalue weighted by atomic mass is 9.98. The van der Waals surface area contributed by atoms with Gasteiger partial charge in [-0.25, -0.2) is 19.3 Å². The highest BCUT2D eigenvalue weighted by atomic mass is 16.7. The van der Waals surface area contributed by atoms with E-state index < -0.39 is 29.7 Å². The average Bonchev–Trinajstić information content (AvgIpc) is 3.50. The van der Waals surface area contributed by atoms with E-state index in [1.807, 2.05) is 24.3 Å². The number of carbonyl (C=O) groups is 3. The van der Waals surface area contributed by atoms with E-state index in [0.29, 0.717) is 5.69 Å². The van der Waals surface area contributed by atoms with Crippen molar-refractivity contribution in [1.82, 2.24) is 30.7 Å². The van der Waals surface area contributed by atoms with Gasteiger partial charge in [0.05, 0.1) is 32.1 Å². The molecule has 1 aliphatic rings. The van der Waals surface area contributed by atoms with Crippen LogP contribution in [0.5, 0.6) is 0 Å². The summed E-state index contributed by atoms with van der Waals surface area (Å²) < 4.78 is 12.3. The lowest BCUT2D eigenvalue weighted by Crippen LogP contribution is -2.50. The Morgan fingerprint density at radius 3 is 2.25 bits per heavy atom. The number of hydroxylamine groups is 2. The molecule has 1 aliphatic carbocycles. The van der Waals surface area contributed by atoms with Gasteiger partial charge in [-0.05, 0) is 43.0 Å². The molecule has 0 bridgehead atoms. The van der Waals surface area contributed by atoms with Crippen molar-refractivity contribution in [2.75, 3.05) is 20.8 Å².